The number of para-hydroxylation sites is 1. The molecule has 1 aromatic carbocycles. The van der Waals surface area contributed by atoms with Crippen LogP contribution in [0.25, 0.3) is 22.1 Å². The highest BCUT2D eigenvalue weighted by atomic mass is 32.1. The van der Waals surface area contributed by atoms with Gasteiger partial charge in [0, 0.05) is 5.39 Å². The van der Waals surface area contributed by atoms with Gasteiger partial charge in [-0.2, -0.15) is 0 Å². The van der Waals surface area contributed by atoms with E-state index >= 15 is 0 Å². The fourth-order valence-corrected chi connectivity index (χ4v) is 2.73. The van der Waals surface area contributed by atoms with Crippen LogP contribution in [0.15, 0.2) is 45.3 Å². The minimum Gasteiger partial charge on any atom is -0.448 e. The van der Waals surface area contributed by atoms with Crippen molar-refractivity contribution < 1.29 is 9.21 Å². The number of fused-ring (bicyclic) bond motifs is 3. The van der Waals surface area contributed by atoms with Gasteiger partial charge in [0.1, 0.15) is 23.2 Å². The van der Waals surface area contributed by atoms with Gasteiger partial charge in [-0.3, -0.25) is 19.5 Å². The van der Waals surface area contributed by atoms with Crippen LogP contribution in [0.1, 0.15) is 0 Å². The smallest absolute Gasteiger partial charge is 0.297 e. The molecule has 3 aromatic heterocycles. The second kappa shape index (κ2) is 5.29. The molecule has 9 heteroatoms. The summed E-state index contributed by atoms with van der Waals surface area (Å²) < 4.78 is 6.76. The third-order valence-corrected chi connectivity index (χ3v) is 3.88. The molecule has 0 radical (unpaired) electrons. The number of carbonyl (C=O) groups is 1. The van der Waals surface area contributed by atoms with Crippen molar-refractivity contribution >= 4 is 44.4 Å². The summed E-state index contributed by atoms with van der Waals surface area (Å²) in [5.74, 6) is -0.388. The molecule has 0 aliphatic rings. The van der Waals surface area contributed by atoms with E-state index in [1.165, 1.54) is 27.7 Å². The van der Waals surface area contributed by atoms with Gasteiger partial charge in [0.05, 0.1) is 6.33 Å². The molecule has 0 fully saturated rings. The number of furan rings is 1. The first-order valence-electron chi connectivity index (χ1n) is 6.65. The average molecular weight is 327 g/mol. The number of anilines is 1. The standard InChI is InChI=1S/C14H9N5O3S/c20-10(17-14-18-16-7-23-14)5-19-6-15-11-8-3-1-2-4-9(8)22-12(11)13(19)21/h1-4,6-7H,5H2,(H,17,18,20). The molecule has 4 rings (SSSR count). The van der Waals surface area contributed by atoms with Gasteiger partial charge in [-0.05, 0) is 12.1 Å². The van der Waals surface area contributed by atoms with Crippen molar-refractivity contribution in [2.75, 3.05) is 5.32 Å². The third-order valence-electron chi connectivity index (χ3n) is 3.27. The number of rotatable bonds is 3. The summed E-state index contributed by atoms with van der Waals surface area (Å²) in [6, 6.07) is 7.27. The monoisotopic (exact) mass is 327 g/mol. The van der Waals surface area contributed by atoms with Crippen LogP contribution in [0.4, 0.5) is 5.13 Å². The van der Waals surface area contributed by atoms with E-state index in [-0.39, 0.29) is 18.0 Å². The van der Waals surface area contributed by atoms with Crippen LogP contribution in [0, 0.1) is 0 Å². The first kappa shape index (κ1) is 13.6. The van der Waals surface area contributed by atoms with Crippen molar-refractivity contribution in [2.24, 2.45) is 0 Å². The Morgan fingerprint density at radius 1 is 1.35 bits per heavy atom. The predicted molar refractivity (Wildman–Crippen MR) is 84.3 cm³/mol. The molecule has 0 spiro atoms. The fourth-order valence-electron chi connectivity index (χ4n) is 2.27. The van der Waals surface area contributed by atoms with Gasteiger partial charge < -0.3 is 4.42 Å². The maximum atomic E-state index is 12.5. The second-order valence-corrected chi connectivity index (χ2v) is 5.58. The first-order valence-corrected chi connectivity index (χ1v) is 7.53. The lowest BCUT2D eigenvalue weighted by Crippen LogP contribution is -2.27. The number of hydrogen-bond acceptors (Lipinski definition) is 7. The van der Waals surface area contributed by atoms with E-state index in [2.05, 4.69) is 20.5 Å². The summed E-state index contributed by atoms with van der Waals surface area (Å²) in [5.41, 5.74) is 2.31. The molecule has 0 unspecified atom stereocenters. The van der Waals surface area contributed by atoms with Crippen LogP contribution >= 0.6 is 11.3 Å². The van der Waals surface area contributed by atoms with E-state index in [1.54, 1.807) is 6.07 Å². The summed E-state index contributed by atoms with van der Waals surface area (Å²) in [6.07, 6.45) is 1.34. The lowest BCUT2D eigenvalue weighted by molar-refractivity contribution is -0.116. The molecule has 0 aliphatic heterocycles. The number of amides is 1. The van der Waals surface area contributed by atoms with Crippen molar-refractivity contribution in [3.63, 3.8) is 0 Å². The number of nitrogens with zero attached hydrogens (tertiary/aromatic N) is 4. The normalized spacial score (nSPS) is 11.1. The average Bonchev–Trinajstić information content (AvgIpc) is 3.17. The van der Waals surface area contributed by atoms with Gasteiger partial charge in [-0.1, -0.05) is 23.5 Å². The van der Waals surface area contributed by atoms with Gasteiger partial charge >= 0.3 is 0 Å². The number of benzene rings is 1. The lowest BCUT2D eigenvalue weighted by atomic mass is 10.2. The number of nitrogens with one attached hydrogen (secondary N) is 1. The van der Waals surface area contributed by atoms with Crippen molar-refractivity contribution in [2.45, 2.75) is 6.54 Å². The Balaban J connectivity index is 1.70. The Hall–Kier alpha value is -3.07. The quantitative estimate of drug-likeness (QED) is 0.613. The van der Waals surface area contributed by atoms with Crippen LogP contribution in [-0.4, -0.2) is 25.7 Å². The van der Waals surface area contributed by atoms with Crippen molar-refractivity contribution in [3.8, 4) is 0 Å². The Bertz CT molecular complexity index is 1070. The Morgan fingerprint density at radius 2 is 2.22 bits per heavy atom. The number of carbonyl (C=O) groups excluding carboxylic acids is 1. The van der Waals surface area contributed by atoms with Crippen molar-refractivity contribution in [3.05, 3.63) is 46.5 Å². The van der Waals surface area contributed by atoms with Crippen LogP contribution in [-0.2, 0) is 11.3 Å². The molecule has 4 aromatic rings. The summed E-state index contributed by atoms with van der Waals surface area (Å²) in [4.78, 5) is 28.7. The van der Waals surface area contributed by atoms with E-state index in [0.29, 0.717) is 16.2 Å². The third kappa shape index (κ3) is 2.36. The first-order chi connectivity index (χ1) is 11.2. The van der Waals surface area contributed by atoms with E-state index in [0.717, 1.165) is 5.39 Å². The minimum atomic E-state index is -0.404. The molecule has 8 nitrogen and oxygen atoms in total. The zero-order valence-corrected chi connectivity index (χ0v) is 12.4. The van der Waals surface area contributed by atoms with Crippen LogP contribution < -0.4 is 10.9 Å². The molecule has 0 aliphatic carbocycles. The zero-order chi connectivity index (χ0) is 15.8. The van der Waals surface area contributed by atoms with E-state index < -0.39 is 5.56 Å². The largest absolute Gasteiger partial charge is 0.448 e. The molecule has 0 bridgehead atoms. The summed E-state index contributed by atoms with van der Waals surface area (Å²) >= 11 is 1.20. The van der Waals surface area contributed by atoms with Crippen molar-refractivity contribution in [1.29, 1.82) is 0 Å². The molecule has 1 amide bonds. The molecule has 1 N–H and O–H groups in total. The summed E-state index contributed by atoms with van der Waals surface area (Å²) in [7, 11) is 0. The maximum Gasteiger partial charge on any atom is 0.297 e. The van der Waals surface area contributed by atoms with E-state index in [1.807, 2.05) is 18.2 Å². The Kier molecular flexibility index (Phi) is 3.12. The molecular formula is C14H9N5O3S. The van der Waals surface area contributed by atoms with Gasteiger partial charge in [0.25, 0.3) is 5.56 Å². The minimum absolute atomic E-state index is 0.136. The topological polar surface area (TPSA) is 103 Å². The SMILES string of the molecule is O=C(Cn1cnc2c(oc3ccccc32)c1=O)Nc1nncs1. The zero-order valence-electron chi connectivity index (χ0n) is 11.6. The molecule has 0 saturated heterocycles. The Labute approximate surface area is 132 Å². The van der Waals surface area contributed by atoms with Crippen LogP contribution in [0.5, 0.6) is 0 Å². The fraction of sp³-hybridized carbons (Fsp3) is 0.0714. The highest BCUT2D eigenvalue weighted by Crippen LogP contribution is 2.23. The van der Waals surface area contributed by atoms with E-state index in [4.69, 9.17) is 4.42 Å². The van der Waals surface area contributed by atoms with E-state index in [9.17, 15) is 9.59 Å². The molecule has 114 valence electrons. The molecule has 23 heavy (non-hydrogen) atoms. The number of aromatic nitrogens is 4. The highest BCUT2D eigenvalue weighted by molar-refractivity contribution is 7.13. The van der Waals surface area contributed by atoms with Crippen LogP contribution in [0.3, 0.4) is 0 Å². The Morgan fingerprint density at radius 3 is 3.04 bits per heavy atom. The summed E-state index contributed by atoms with van der Waals surface area (Å²) in [5, 5.41) is 11.0. The molecule has 0 saturated carbocycles. The molecule has 0 atom stereocenters. The molecular weight excluding hydrogens is 318 g/mol. The molecule has 3 heterocycles. The lowest BCUT2D eigenvalue weighted by Gasteiger charge is -2.04. The van der Waals surface area contributed by atoms with Crippen molar-refractivity contribution in [1.82, 2.24) is 19.7 Å². The second-order valence-electron chi connectivity index (χ2n) is 4.75. The van der Waals surface area contributed by atoms with Gasteiger partial charge in [0.15, 0.2) is 0 Å². The van der Waals surface area contributed by atoms with Gasteiger partial charge in [0.2, 0.25) is 16.6 Å². The van der Waals surface area contributed by atoms with Crippen LogP contribution in [0.2, 0.25) is 0 Å². The maximum absolute atomic E-state index is 12.5. The predicted octanol–water partition coefficient (Wildman–Crippen LogP) is 1.63. The number of hydrogen-bond donors (Lipinski definition) is 1. The van der Waals surface area contributed by atoms with Gasteiger partial charge in [-0.25, -0.2) is 4.98 Å². The van der Waals surface area contributed by atoms with Gasteiger partial charge in [-0.15, -0.1) is 10.2 Å². The highest BCUT2D eigenvalue weighted by Gasteiger charge is 2.14. The summed E-state index contributed by atoms with van der Waals surface area (Å²) in [6.45, 7) is -0.182.